The third-order valence-electron chi connectivity index (χ3n) is 4.08. The van der Waals surface area contributed by atoms with Gasteiger partial charge in [-0.15, -0.1) is 0 Å². The Morgan fingerprint density at radius 2 is 1.68 bits per heavy atom. The van der Waals surface area contributed by atoms with Gasteiger partial charge >= 0.3 is 5.69 Å². The van der Waals surface area contributed by atoms with E-state index in [1.807, 2.05) is 6.07 Å². The highest BCUT2D eigenvalue weighted by Crippen LogP contribution is 2.13. The third kappa shape index (κ3) is 4.07. The average Bonchev–Trinajstić information content (AvgIpc) is 2.70. The van der Waals surface area contributed by atoms with Crippen molar-refractivity contribution in [2.24, 2.45) is 5.10 Å². The fourth-order valence-electron chi connectivity index (χ4n) is 2.64. The Bertz CT molecular complexity index is 1130. The first kappa shape index (κ1) is 18.8. The number of carbonyl (C=O) groups excluding carboxylic acids is 1. The smallest absolute Gasteiger partial charge is 0.331 e. The molecule has 8 nitrogen and oxygen atoms in total. The van der Waals surface area contributed by atoms with Gasteiger partial charge in [0.1, 0.15) is 5.56 Å². The summed E-state index contributed by atoms with van der Waals surface area (Å²) in [4.78, 5) is 38.6. The molecule has 1 aromatic heterocycles. The van der Waals surface area contributed by atoms with Crippen LogP contribution in [0.15, 0.2) is 75.4 Å². The fraction of sp³-hybridized carbons (Fsp3) is 0.100. The summed E-state index contributed by atoms with van der Waals surface area (Å²) in [7, 11) is 0. The van der Waals surface area contributed by atoms with Crippen molar-refractivity contribution in [3.05, 3.63) is 98.2 Å². The molecule has 0 unspecified atom stereocenters. The monoisotopic (exact) mass is 378 g/mol. The highest BCUT2D eigenvalue weighted by Gasteiger charge is 2.17. The number of rotatable bonds is 5. The van der Waals surface area contributed by atoms with Gasteiger partial charge in [-0.3, -0.25) is 19.1 Å². The second kappa shape index (κ2) is 8.17. The van der Waals surface area contributed by atoms with Crippen molar-refractivity contribution in [1.29, 1.82) is 0 Å². The molecular weight excluding hydrogens is 360 g/mol. The summed E-state index contributed by atoms with van der Waals surface area (Å²) in [5.41, 5.74) is 1.84. The molecule has 3 aromatic rings. The van der Waals surface area contributed by atoms with Gasteiger partial charge in [-0.05, 0) is 24.6 Å². The fourth-order valence-corrected chi connectivity index (χ4v) is 2.64. The maximum Gasteiger partial charge on any atom is 0.331 e. The van der Waals surface area contributed by atoms with Crippen LogP contribution >= 0.6 is 0 Å². The highest BCUT2D eigenvalue weighted by atomic mass is 16.3. The van der Waals surface area contributed by atoms with E-state index in [0.29, 0.717) is 5.56 Å². The van der Waals surface area contributed by atoms with Gasteiger partial charge in [0.15, 0.2) is 0 Å². The molecule has 0 aliphatic heterocycles. The number of aromatic nitrogens is 2. The Labute approximate surface area is 159 Å². The number of hydrazone groups is 1. The minimum absolute atomic E-state index is 0.0600. The van der Waals surface area contributed by atoms with Crippen LogP contribution in [0, 0.1) is 0 Å². The quantitative estimate of drug-likeness (QED) is 0.460. The van der Waals surface area contributed by atoms with E-state index in [1.165, 1.54) is 6.92 Å². The number of nitrogens with zero attached hydrogens (tertiary/aromatic N) is 2. The summed E-state index contributed by atoms with van der Waals surface area (Å²) >= 11 is 0. The molecule has 0 spiro atoms. The van der Waals surface area contributed by atoms with Gasteiger partial charge < -0.3 is 5.11 Å². The maximum absolute atomic E-state index is 12.2. The Morgan fingerprint density at radius 3 is 2.32 bits per heavy atom. The molecule has 1 heterocycles. The van der Waals surface area contributed by atoms with Crippen molar-refractivity contribution in [2.75, 3.05) is 0 Å². The number of amides is 1. The van der Waals surface area contributed by atoms with E-state index in [-0.39, 0.29) is 17.8 Å². The van der Waals surface area contributed by atoms with Gasteiger partial charge in [-0.2, -0.15) is 5.10 Å². The summed E-state index contributed by atoms with van der Waals surface area (Å²) in [6, 6.07) is 17.4. The summed E-state index contributed by atoms with van der Waals surface area (Å²) < 4.78 is 1.03. The summed E-state index contributed by atoms with van der Waals surface area (Å²) in [5.74, 6) is -0.985. The Hall–Kier alpha value is -3.94. The Balaban J connectivity index is 1.92. The lowest BCUT2D eigenvalue weighted by molar-refractivity contribution is 0.0955. The van der Waals surface area contributed by atoms with Crippen LogP contribution in [0.1, 0.15) is 28.4 Å². The molecule has 0 fully saturated rings. The van der Waals surface area contributed by atoms with E-state index in [0.717, 1.165) is 10.1 Å². The van der Waals surface area contributed by atoms with E-state index in [4.69, 9.17) is 0 Å². The number of aromatic hydroxyl groups is 1. The molecule has 0 atom stereocenters. The Kier molecular flexibility index (Phi) is 5.50. The van der Waals surface area contributed by atoms with Gasteiger partial charge in [-0.25, -0.2) is 10.2 Å². The van der Waals surface area contributed by atoms with Crippen LogP contribution in [-0.4, -0.2) is 26.3 Å². The van der Waals surface area contributed by atoms with Crippen LogP contribution < -0.4 is 16.7 Å². The van der Waals surface area contributed by atoms with Crippen LogP contribution in [0.5, 0.6) is 5.88 Å². The first-order valence-electron chi connectivity index (χ1n) is 8.47. The molecule has 1 amide bonds. The SMILES string of the molecule is CC(=NNC(=O)c1ccccc1)c1c(O)n(Cc2ccccc2)c(=O)[nH]c1=O. The van der Waals surface area contributed by atoms with Crippen molar-refractivity contribution in [2.45, 2.75) is 13.5 Å². The molecule has 0 radical (unpaired) electrons. The van der Waals surface area contributed by atoms with E-state index >= 15 is 0 Å². The molecule has 0 aliphatic carbocycles. The van der Waals surface area contributed by atoms with Crippen molar-refractivity contribution >= 4 is 11.6 Å². The molecule has 0 saturated heterocycles. The van der Waals surface area contributed by atoms with Crippen molar-refractivity contribution in [3.63, 3.8) is 0 Å². The number of nitrogens with one attached hydrogen (secondary N) is 2. The number of benzene rings is 2. The van der Waals surface area contributed by atoms with Gasteiger partial charge in [0.05, 0.1) is 12.3 Å². The molecule has 0 bridgehead atoms. The lowest BCUT2D eigenvalue weighted by Gasteiger charge is -2.11. The lowest BCUT2D eigenvalue weighted by atomic mass is 10.2. The average molecular weight is 378 g/mol. The minimum atomic E-state index is -0.790. The lowest BCUT2D eigenvalue weighted by Crippen LogP contribution is -2.34. The van der Waals surface area contributed by atoms with Gasteiger partial charge in [-0.1, -0.05) is 48.5 Å². The Morgan fingerprint density at radius 1 is 1.07 bits per heavy atom. The second-order valence-corrected chi connectivity index (χ2v) is 6.03. The summed E-state index contributed by atoms with van der Waals surface area (Å²) in [6.07, 6.45) is 0. The van der Waals surface area contributed by atoms with Crippen LogP contribution in [0.2, 0.25) is 0 Å². The molecule has 142 valence electrons. The van der Waals surface area contributed by atoms with Crippen molar-refractivity contribution < 1.29 is 9.90 Å². The number of hydrogen-bond donors (Lipinski definition) is 3. The molecule has 0 aliphatic rings. The number of carbonyl (C=O) groups is 1. The number of aromatic amines is 1. The van der Waals surface area contributed by atoms with Crippen LogP contribution in [0.25, 0.3) is 0 Å². The van der Waals surface area contributed by atoms with E-state index in [9.17, 15) is 19.5 Å². The van der Waals surface area contributed by atoms with Gasteiger partial charge in [0.2, 0.25) is 5.88 Å². The van der Waals surface area contributed by atoms with Gasteiger partial charge in [0.25, 0.3) is 11.5 Å². The van der Waals surface area contributed by atoms with Crippen LogP contribution in [0.3, 0.4) is 0 Å². The van der Waals surface area contributed by atoms with E-state index in [1.54, 1.807) is 54.6 Å². The first-order valence-corrected chi connectivity index (χ1v) is 8.47. The zero-order chi connectivity index (χ0) is 20.1. The molecule has 0 saturated carbocycles. The standard InChI is InChI=1S/C20H18N4O4/c1-13(22-23-17(25)15-10-6-3-7-11-15)16-18(26)21-20(28)24(19(16)27)12-14-8-4-2-5-9-14/h2-11,27H,12H2,1H3,(H,23,25)(H,21,26,28). The molecule has 2 aromatic carbocycles. The first-order chi connectivity index (χ1) is 13.5. The predicted molar refractivity (Wildman–Crippen MR) is 105 cm³/mol. The summed E-state index contributed by atoms with van der Waals surface area (Å²) in [6.45, 7) is 1.52. The number of hydrogen-bond acceptors (Lipinski definition) is 5. The highest BCUT2D eigenvalue weighted by molar-refractivity contribution is 6.02. The zero-order valence-electron chi connectivity index (χ0n) is 15.0. The summed E-state index contributed by atoms with van der Waals surface area (Å²) in [5, 5.41) is 14.4. The van der Waals surface area contributed by atoms with Crippen molar-refractivity contribution in [1.82, 2.24) is 15.0 Å². The zero-order valence-corrected chi connectivity index (χ0v) is 15.0. The van der Waals surface area contributed by atoms with Gasteiger partial charge in [0, 0.05) is 5.56 Å². The maximum atomic E-state index is 12.2. The molecule has 28 heavy (non-hydrogen) atoms. The molecule has 3 N–H and O–H groups in total. The largest absolute Gasteiger partial charge is 0.494 e. The predicted octanol–water partition coefficient (Wildman–Crippen LogP) is 1.44. The van der Waals surface area contributed by atoms with Crippen molar-refractivity contribution in [3.8, 4) is 5.88 Å². The minimum Gasteiger partial charge on any atom is -0.494 e. The molecule has 8 heteroatoms. The molecular formula is C20H18N4O4. The topological polar surface area (TPSA) is 117 Å². The third-order valence-corrected chi connectivity index (χ3v) is 4.08. The second-order valence-electron chi connectivity index (χ2n) is 6.03. The molecule has 3 rings (SSSR count). The van der Waals surface area contributed by atoms with Crippen LogP contribution in [-0.2, 0) is 6.54 Å². The van der Waals surface area contributed by atoms with Crippen LogP contribution in [0.4, 0.5) is 0 Å². The van der Waals surface area contributed by atoms with E-state index < -0.39 is 23.0 Å². The van der Waals surface area contributed by atoms with E-state index in [2.05, 4.69) is 15.5 Å². The number of H-pyrrole nitrogens is 1. The normalized spacial score (nSPS) is 11.2.